The molecule has 1 saturated heterocycles. The monoisotopic (exact) mass is 388 g/mol. The zero-order valence-corrected chi connectivity index (χ0v) is 14.6. The summed E-state index contributed by atoms with van der Waals surface area (Å²) in [6.07, 6.45) is 2.34. The highest BCUT2D eigenvalue weighted by Gasteiger charge is 2.30. The molecule has 0 saturated carbocycles. The summed E-state index contributed by atoms with van der Waals surface area (Å²) in [6.45, 7) is 0.325. The largest absolute Gasteiger partial charge is 0.307 e. The van der Waals surface area contributed by atoms with Crippen molar-refractivity contribution >= 4 is 46.6 Å². The van der Waals surface area contributed by atoms with E-state index in [1.54, 1.807) is 6.07 Å². The minimum atomic E-state index is -0.619. The number of aromatic nitrogens is 1. The summed E-state index contributed by atoms with van der Waals surface area (Å²) in [5.41, 5.74) is 0.371. The zero-order valence-electron chi connectivity index (χ0n) is 12.3. The summed E-state index contributed by atoms with van der Waals surface area (Å²) in [4.78, 5) is 18.1. The summed E-state index contributed by atoms with van der Waals surface area (Å²) in [6, 6.07) is 5.03. The Morgan fingerprint density at radius 2 is 2.04 bits per heavy atom. The minimum Gasteiger partial charge on any atom is -0.307 e. The molecular weight excluding hydrogens is 377 g/mol. The van der Waals surface area contributed by atoms with E-state index in [2.05, 4.69) is 4.98 Å². The summed E-state index contributed by atoms with van der Waals surface area (Å²) >= 11 is 13.5. The first-order chi connectivity index (χ1) is 11.5. The van der Waals surface area contributed by atoms with Crippen LogP contribution in [0.2, 0.25) is 10.2 Å². The second kappa shape index (κ2) is 7.25. The number of pyridine rings is 1. The molecule has 0 radical (unpaired) electrons. The normalized spacial score (nSPS) is 18.1. The van der Waals surface area contributed by atoms with Crippen LogP contribution in [-0.4, -0.2) is 22.7 Å². The quantitative estimate of drug-likeness (QED) is 0.697. The first kappa shape index (κ1) is 17.5. The molecule has 0 bridgehead atoms. The fourth-order valence-corrected chi connectivity index (χ4v) is 4.22. The van der Waals surface area contributed by atoms with E-state index in [0.717, 1.165) is 6.07 Å². The lowest BCUT2D eigenvalue weighted by atomic mass is 10.1. The third kappa shape index (κ3) is 3.66. The predicted octanol–water partition coefficient (Wildman–Crippen LogP) is 4.95. The first-order valence-corrected chi connectivity index (χ1v) is 8.81. The molecule has 0 N–H and O–H groups in total. The molecule has 0 spiro atoms. The van der Waals surface area contributed by atoms with E-state index in [1.165, 1.54) is 35.0 Å². The molecule has 3 rings (SSSR count). The lowest BCUT2D eigenvalue weighted by Crippen LogP contribution is -2.41. The number of piperidine rings is 1. The summed E-state index contributed by atoms with van der Waals surface area (Å²) in [5.74, 6) is -1.34. The van der Waals surface area contributed by atoms with E-state index >= 15 is 0 Å². The molecule has 1 fully saturated rings. The number of halogens is 4. The molecule has 1 aromatic carbocycles. The Labute approximate surface area is 152 Å². The fourth-order valence-electron chi connectivity index (χ4n) is 2.53. The lowest BCUT2D eigenvalue weighted by molar-refractivity contribution is -0.119. The van der Waals surface area contributed by atoms with Gasteiger partial charge in [-0.1, -0.05) is 23.2 Å². The van der Waals surface area contributed by atoms with Gasteiger partial charge in [0.1, 0.15) is 17.3 Å². The van der Waals surface area contributed by atoms with E-state index < -0.39 is 11.6 Å². The van der Waals surface area contributed by atoms with Gasteiger partial charge in [0.15, 0.2) is 5.15 Å². The van der Waals surface area contributed by atoms with Gasteiger partial charge in [0.05, 0.1) is 5.02 Å². The molecule has 1 aromatic heterocycles. The number of nitrogens with zero attached hydrogens (tertiary/aromatic N) is 2. The van der Waals surface area contributed by atoms with Crippen LogP contribution < -0.4 is 4.90 Å². The van der Waals surface area contributed by atoms with Gasteiger partial charge in [0, 0.05) is 35.4 Å². The summed E-state index contributed by atoms with van der Waals surface area (Å²) in [7, 11) is 0. The zero-order chi connectivity index (χ0) is 17.3. The van der Waals surface area contributed by atoms with Gasteiger partial charge in [-0.15, -0.1) is 11.8 Å². The average Bonchev–Trinajstić information content (AvgIpc) is 2.53. The van der Waals surface area contributed by atoms with Crippen LogP contribution >= 0.6 is 35.0 Å². The molecule has 3 nitrogen and oxygen atoms in total. The number of carbonyl (C=O) groups excluding carboxylic acids is 1. The van der Waals surface area contributed by atoms with E-state index in [-0.39, 0.29) is 16.3 Å². The molecule has 1 aliphatic rings. The van der Waals surface area contributed by atoms with Crippen molar-refractivity contribution < 1.29 is 13.6 Å². The lowest BCUT2D eigenvalue weighted by Gasteiger charge is -2.33. The van der Waals surface area contributed by atoms with Crippen LogP contribution in [0.3, 0.4) is 0 Å². The highest BCUT2D eigenvalue weighted by Crippen LogP contribution is 2.38. The number of hydrogen-bond acceptors (Lipinski definition) is 3. The molecule has 8 heteroatoms. The Morgan fingerprint density at radius 1 is 1.25 bits per heavy atom. The maximum Gasteiger partial charge on any atom is 0.227 e. The van der Waals surface area contributed by atoms with Crippen LogP contribution in [0.15, 0.2) is 35.4 Å². The van der Waals surface area contributed by atoms with Gasteiger partial charge in [-0.25, -0.2) is 13.8 Å². The van der Waals surface area contributed by atoms with Crippen LogP contribution in [0.25, 0.3) is 0 Å². The molecule has 2 aromatic rings. The Kier molecular flexibility index (Phi) is 5.27. The minimum absolute atomic E-state index is 0.0602. The van der Waals surface area contributed by atoms with Crippen molar-refractivity contribution in [3.05, 3.63) is 52.3 Å². The van der Waals surface area contributed by atoms with Gasteiger partial charge in [-0.3, -0.25) is 4.79 Å². The number of carbonyl (C=O) groups is 1. The van der Waals surface area contributed by atoms with Gasteiger partial charge in [0.2, 0.25) is 5.91 Å². The third-order valence-corrected chi connectivity index (χ3v) is 5.54. The van der Waals surface area contributed by atoms with Crippen LogP contribution in [0.1, 0.15) is 12.8 Å². The highest BCUT2D eigenvalue weighted by molar-refractivity contribution is 8.00. The van der Waals surface area contributed by atoms with Gasteiger partial charge < -0.3 is 4.90 Å². The Morgan fingerprint density at radius 3 is 2.75 bits per heavy atom. The van der Waals surface area contributed by atoms with Crippen molar-refractivity contribution in [1.82, 2.24) is 4.98 Å². The van der Waals surface area contributed by atoms with Crippen LogP contribution in [-0.2, 0) is 4.79 Å². The molecule has 24 heavy (non-hydrogen) atoms. The van der Waals surface area contributed by atoms with Crippen molar-refractivity contribution in [3.8, 4) is 0 Å². The number of rotatable bonds is 3. The van der Waals surface area contributed by atoms with Gasteiger partial charge in [0.25, 0.3) is 0 Å². The maximum absolute atomic E-state index is 13.8. The van der Waals surface area contributed by atoms with E-state index in [0.29, 0.717) is 35.0 Å². The number of amides is 1. The number of hydrogen-bond donors (Lipinski definition) is 0. The summed E-state index contributed by atoms with van der Waals surface area (Å²) < 4.78 is 26.8. The van der Waals surface area contributed by atoms with E-state index in [9.17, 15) is 13.6 Å². The van der Waals surface area contributed by atoms with Crippen LogP contribution in [0.5, 0.6) is 0 Å². The van der Waals surface area contributed by atoms with Crippen molar-refractivity contribution in [1.29, 1.82) is 0 Å². The molecule has 1 amide bonds. The van der Waals surface area contributed by atoms with Crippen molar-refractivity contribution in [3.63, 3.8) is 0 Å². The highest BCUT2D eigenvalue weighted by atomic mass is 35.5. The molecular formula is C16H12Cl2F2N2OS. The number of thioether (sulfide) groups is 1. The topological polar surface area (TPSA) is 33.2 Å². The molecule has 1 unspecified atom stereocenters. The van der Waals surface area contributed by atoms with Crippen LogP contribution in [0.4, 0.5) is 14.5 Å². The molecule has 126 valence electrons. The SMILES string of the molecule is O=C1CCC(Sc2ccc(F)cc2F)CN1c1c(Cl)ccnc1Cl. The van der Waals surface area contributed by atoms with Crippen molar-refractivity contribution in [2.75, 3.05) is 11.4 Å². The molecule has 0 aliphatic carbocycles. The predicted molar refractivity (Wildman–Crippen MR) is 91.8 cm³/mol. The average molecular weight is 389 g/mol. The van der Waals surface area contributed by atoms with Gasteiger partial charge >= 0.3 is 0 Å². The second-order valence-corrected chi connectivity index (χ2v) is 7.40. The molecule has 1 atom stereocenters. The maximum atomic E-state index is 13.8. The van der Waals surface area contributed by atoms with Gasteiger partial charge in [-0.05, 0) is 24.6 Å². The summed E-state index contributed by atoms with van der Waals surface area (Å²) in [5, 5.41) is 0.423. The molecule has 2 heterocycles. The second-order valence-electron chi connectivity index (χ2n) is 5.29. The standard InChI is InChI=1S/C16H12Cl2F2N2OS/c17-11-5-6-21-16(18)15(11)22-8-10(2-4-14(22)23)24-13-3-1-9(19)7-12(13)20/h1,3,5-7,10H,2,4,8H2. The van der Waals surface area contributed by atoms with E-state index in [4.69, 9.17) is 23.2 Å². The van der Waals surface area contributed by atoms with Crippen molar-refractivity contribution in [2.24, 2.45) is 0 Å². The third-order valence-electron chi connectivity index (χ3n) is 3.66. The smallest absolute Gasteiger partial charge is 0.227 e. The molecule has 1 aliphatic heterocycles. The van der Waals surface area contributed by atoms with Crippen molar-refractivity contribution in [2.45, 2.75) is 23.0 Å². The van der Waals surface area contributed by atoms with Crippen LogP contribution in [0, 0.1) is 11.6 Å². The Balaban J connectivity index is 1.82. The Bertz CT molecular complexity index is 770. The first-order valence-electron chi connectivity index (χ1n) is 7.18. The van der Waals surface area contributed by atoms with Gasteiger partial charge in [-0.2, -0.15) is 0 Å². The Hall–Kier alpha value is -1.37. The fraction of sp³-hybridized carbons (Fsp3) is 0.250. The number of benzene rings is 1. The van der Waals surface area contributed by atoms with E-state index in [1.807, 2.05) is 0 Å². The number of anilines is 1.